The van der Waals surface area contributed by atoms with Crippen LogP contribution in [0, 0.1) is 0 Å². The summed E-state index contributed by atoms with van der Waals surface area (Å²) in [6.07, 6.45) is 4.36. The largest absolute Gasteiger partial charge is 0.396 e. The summed E-state index contributed by atoms with van der Waals surface area (Å²) in [6.45, 7) is -0.354. The van der Waals surface area contributed by atoms with Gasteiger partial charge < -0.3 is 21.1 Å². The van der Waals surface area contributed by atoms with Gasteiger partial charge in [-0.2, -0.15) is 0 Å². The number of anilines is 1. The van der Waals surface area contributed by atoms with Gasteiger partial charge in [-0.25, -0.2) is 9.97 Å². The first-order valence-corrected chi connectivity index (χ1v) is 10.9. The number of carbonyl (C=O) groups excluding carboxylic acids is 3. The van der Waals surface area contributed by atoms with E-state index in [4.69, 9.17) is 17.3 Å². The van der Waals surface area contributed by atoms with Crippen LogP contribution >= 0.6 is 11.6 Å². The number of hydrogen-bond donors (Lipinski definition) is 3. The highest BCUT2D eigenvalue weighted by Gasteiger charge is 2.37. The lowest BCUT2D eigenvalue weighted by molar-refractivity contribution is -0.120. The molecule has 2 aromatic rings. The summed E-state index contributed by atoms with van der Waals surface area (Å²) in [6, 6.07) is 4.99. The maximum Gasteiger partial charge on any atom is 0.255 e. The van der Waals surface area contributed by atoms with Gasteiger partial charge in [-0.1, -0.05) is 23.7 Å². The maximum atomic E-state index is 13.0. The number of primary amides is 1. The number of carbonyl (C=O) groups is 3. The van der Waals surface area contributed by atoms with Crippen molar-refractivity contribution in [1.29, 1.82) is 0 Å². The van der Waals surface area contributed by atoms with E-state index in [9.17, 15) is 19.5 Å². The van der Waals surface area contributed by atoms with Gasteiger partial charge in [-0.05, 0) is 30.9 Å². The van der Waals surface area contributed by atoms with Gasteiger partial charge in [0.2, 0.25) is 11.9 Å². The van der Waals surface area contributed by atoms with Crippen LogP contribution in [0.4, 0.5) is 5.95 Å². The van der Waals surface area contributed by atoms with Crippen molar-refractivity contribution in [2.45, 2.75) is 44.2 Å². The van der Waals surface area contributed by atoms with E-state index in [0.717, 1.165) is 18.4 Å². The van der Waals surface area contributed by atoms with Crippen LogP contribution in [0.15, 0.2) is 24.4 Å². The van der Waals surface area contributed by atoms with Crippen molar-refractivity contribution in [3.05, 3.63) is 40.5 Å². The molecule has 1 unspecified atom stereocenters. The minimum atomic E-state index is -0.617. The van der Waals surface area contributed by atoms with Gasteiger partial charge >= 0.3 is 0 Å². The Morgan fingerprint density at radius 1 is 1.28 bits per heavy atom. The zero-order valence-electron chi connectivity index (χ0n) is 17.4. The number of nitrogens with two attached hydrogens (primary N) is 1. The molecule has 168 valence electrons. The van der Waals surface area contributed by atoms with Gasteiger partial charge in [0.25, 0.3) is 5.91 Å². The Morgan fingerprint density at radius 3 is 2.72 bits per heavy atom. The number of nitrogens with zero attached hydrogens (tertiary/aromatic N) is 3. The normalized spacial score (nSPS) is 18.7. The highest BCUT2D eigenvalue weighted by molar-refractivity contribution is 6.33. The lowest BCUT2D eigenvalue weighted by atomic mass is 9.94. The molecular weight excluding hydrogens is 434 g/mol. The average Bonchev–Trinajstić information content (AvgIpc) is 3.02. The second-order valence-corrected chi connectivity index (χ2v) is 8.48. The van der Waals surface area contributed by atoms with Crippen LogP contribution in [-0.2, 0) is 9.59 Å². The number of fused-ring (bicyclic) bond motifs is 1. The Kier molecular flexibility index (Phi) is 6.38. The smallest absolute Gasteiger partial charge is 0.255 e. The summed E-state index contributed by atoms with van der Waals surface area (Å²) in [4.78, 5) is 46.1. The van der Waals surface area contributed by atoms with E-state index in [0.29, 0.717) is 47.1 Å². The van der Waals surface area contributed by atoms with Crippen molar-refractivity contribution < 1.29 is 19.5 Å². The standard InChI is InChI=1S/C22H24ClN5O4/c23-17-10-25-22(26-13-2-4-14(30)5-3-13)27-20(17)12-1-6-15-16(9-12)21(32)28(11-19(24)31)18(15)7-8-29/h1,6,9-10,13,18,29H,2-5,7-8,11H2,(H2,24,31)(H,25,26,27). The van der Waals surface area contributed by atoms with Crippen molar-refractivity contribution in [1.82, 2.24) is 14.9 Å². The van der Waals surface area contributed by atoms with E-state index >= 15 is 0 Å². The fourth-order valence-corrected chi connectivity index (χ4v) is 4.53. The SMILES string of the molecule is NC(=O)CN1C(=O)c2cc(-c3nc(NC4CCC(=O)CC4)ncc3Cl)ccc2C1CCO. The first-order chi connectivity index (χ1) is 15.4. The minimum absolute atomic E-state index is 0.116. The van der Waals surface area contributed by atoms with E-state index < -0.39 is 11.9 Å². The summed E-state index contributed by atoms with van der Waals surface area (Å²) >= 11 is 6.37. The monoisotopic (exact) mass is 457 g/mol. The number of benzene rings is 1. The minimum Gasteiger partial charge on any atom is -0.396 e. The number of hydrogen-bond acceptors (Lipinski definition) is 7. The quantitative estimate of drug-likeness (QED) is 0.578. The van der Waals surface area contributed by atoms with E-state index in [1.807, 2.05) is 6.07 Å². The summed E-state index contributed by atoms with van der Waals surface area (Å²) in [5.74, 6) is -0.264. The molecule has 1 aromatic carbocycles. The summed E-state index contributed by atoms with van der Waals surface area (Å²) < 4.78 is 0. The van der Waals surface area contributed by atoms with Gasteiger partial charge in [0.1, 0.15) is 12.3 Å². The molecule has 0 radical (unpaired) electrons. The molecule has 2 heterocycles. The molecule has 1 aliphatic heterocycles. The van der Waals surface area contributed by atoms with Crippen molar-refractivity contribution >= 4 is 35.1 Å². The van der Waals surface area contributed by atoms with Gasteiger partial charge in [0.05, 0.1) is 23.0 Å². The lowest BCUT2D eigenvalue weighted by Gasteiger charge is -2.23. The third-order valence-corrected chi connectivity index (χ3v) is 6.18. The number of rotatable bonds is 7. The number of aromatic nitrogens is 2. The lowest BCUT2D eigenvalue weighted by Crippen LogP contribution is -2.36. The van der Waals surface area contributed by atoms with Crippen molar-refractivity contribution in [3.63, 3.8) is 0 Å². The number of ketones is 1. The number of aliphatic hydroxyl groups excluding tert-OH is 1. The van der Waals surface area contributed by atoms with Crippen LogP contribution in [-0.4, -0.2) is 56.8 Å². The zero-order chi connectivity index (χ0) is 22.8. The Balaban J connectivity index is 1.63. The maximum absolute atomic E-state index is 13.0. The summed E-state index contributed by atoms with van der Waals surface area (Å²) in [7, 11) is 0. The number of aliphatic hydroxyl groups is 1. The Hall–Kier alpha value is -3.04. The summed E-state index contributed by atoms with van der Waals surface area (Å²) in [5.41, 5.74) is 7.57. The molecule has 1 atom stereocenters. The molecule has 0 bridgehead atoms. The van der Waals surface area contributed by atoms with Crippen LogP contribution in [0.2, 0.25) is 5.02 Å². The average molecular weight is 458 g/mol. The molecule has 4 N–H and O–H groups in total. The predicted molar refractivity (Wildman–Crippen MR) is 118 cm³/mol. The molecule has 0 spiro atoms. The second-order valence-electron chi connectivity index (χ2n) is 8.08. The number of nitrogens with one attached hydrogen (secondary N) is 1. The van der Waals surface area contributed by atoms with Crippen LogP contribution in [0.3, 0.4) is 0 Å². The van der Waals surface area contributed by atoms with Crippen LogP contribution in [0.5, 0.6) is 0 Å². The van der Waals surface area contributed by atoms with E-state index in [1.54, 1.807) is 12.1 Å². The van der Waals surface area contributed by atoms with Crippen LogP contribution in [0.1, 0.15) is 54.1 Å². The second kappa shape index (κ2) is 9.22. The van der Waals surface area contributed by atoms with Gasteiger partial charge in [0.15, 0.2) is 0 Å². The predicted octanol–water partition coefficient (Wildman–Crippen LogP) is 2.09. The van der Waals surface area contributed by atoms with Gasteiger partial charge in [-0.3, -0.25) is 14.4 Å². The first kappa shape index (κ1) is 22.2. The van der Waals surface area contributed by atoms with Crippen molar-refractivity contribution in [2.24, 2.45) is 5.73 Å². The highest BCUT2D eigenvalue weighted by atomic mass is 35.5. The Morgan fingerprint density at radius 2 is 2.03 bits per heavy atom. The molecule has 1 fully saturated rings. The van der Waals surface area contributed by atoms with E-state index in [1.165, 1.54) is 11.1 Å². The molecule has 9 nitrogen and oxygen atoms in total. The number of amides is 2. The molecule has 32 heavy (non-hydrogen) atoms. The molecular formula is C22H24ClN5O4. The molecule has 4 rings (SSSR count). The fraction of sp³-hybridized carbons (Fsp3) is 0.409. The molecule has 1 aromatic heterocycles. The third kappa shape index (κ3) is 4.44. The van der Waals surface area contributed by atoms with Gasteiger partial charge in [-0.15, -0.1) is 0 Å². The topological polar surface area (TPSA) is 139 Å². The molecule has 1 saturated carbocycles. The molecule has 0 saturated heterocycles. The molecule has 10 heteroatoms. The zero-order valence-corrected chi connectivity index (χ0v) is 18.1. The van der Waals surface area contributed by atoms with Gasteiger partial charge in [0, 0.05) is 36.6 Å². The van der Waals surface area contributed by atoms with Crippen molar-refractivity contribution in [2.75, 3.05) is 18.5 Å². The highest BCUT2D eigenvalue weighted by Crippen LogP contribution is 2.38. The number of halogens is 1. The molecule has 2 aliphatic rings. The van der Waals surface area contributed by atoms with Crippen LogP contribution in [0.25, 0.3) is 11.3 Å². The van der Waals surface area contributed by atoms with Crippen LogP contribution < -0.4 is 11.1 Å². The Labute approximate surface area is 190 Å². The van der Waals surface area contributed by atoms with E-state index in [-0.39, 0.29) is 30.9 Å². The fourth-order valence-electron chi connectivity index (χ4n) is 4.33. The van der Waals surface area contributed by atoms with E-state index in [2.05, 4.69) is 15.3 Å². The molecule has 2 amide bonds. The summed E-state index contributed by atoms with van der Waals surface area (Å²) in [5, 5.41) is 13.0. The third-order valence-electron chi connectivity index (χ3n) is 5.90. The first-order valence-electron chi connectivity index (χ1n) is 10.5. The Bertz CT molecular complexity index is 1070. The number of Topliss-reactive ketones (excluding diaryl/α,β-unsaturated/α-hetero) is 1. The van der Waals surface area contributed by atoms with Crippen molar-refractivity contribution in [3.8, 4) is 11.3 Å². The molecule has 1 aliphatic carbocycles.